The predicted octanol–water partition coefficient (Wildman–Crippen LogP) is 3.54. The molecule has 3 amide bonds. The lowest BCUT2D eigenvalue weighted by atomic mass is 9.87. The van der Waals surface area contributed by atoms with Gasteiger partial charge in [-0.1, -0.05) is 73.7 Å². The van der Waals surface area contributed by atoms with Crippen molar-refractivity contribution in [3.05, 3.63) is 77.9 Å². The lowest BCUT2D eigenvalue weighted by molar-refractivity contribution is -0.131. The van der Waals surface area contributed by atoms with Crippen LogP contribution in [0.4, 0.5) is 4.79 Å². The number of rotatable bonds is 5. The van der Waals surface area contributed by atoms with E-state index in [1.54, 1.807) is 6.08 Å². The van der Waals surface area contributed by atoms with Crippen LogP contribution in [0.25, 0.3) is 6.08 Å². The normalized spacial score (nSPS) is 20.6. The fourth-order valence-electron chi connectivity index (χ4n) is 2.85. The summed E-state index contributed by atoms with van der Waals surface area (Å²) in [6, 6.07) is 18.4. The van der Waals surface area contributed by atoms with Crippen LogP contribution >= 0.6 is 0 Å². The second-order valence-corrected chi connectivity index (χ2v) is 5.71. The average Bonchev–Trinajstić information content (AvgIpc) is 2.91. The summed E-state index contributed by atoms with van der Waals surface area (Å²) in [6.45, 7) is 1.87. The van der Waals surface area contributed by atoms with E-state index < -0.39 is 11.6 Å². The molecule has 5 heteroatoms. The highest BCUT2D eigenvalue weighted by molar-refractivity contribution is 6.07. The number of urea groups is 1. The number of hydrazone groups is 1. The maximum atomic E-state index is 12.8. The minimum absolute atomic E-state index is 0.365. The third-order valence-corrected chi connectivity index (χ3v) is 4.22. The number of hydrogen-bond acceptors (Lipinski definition) is 3. The zero-order chi connectivity index (χ0) is 17.7. The van der Waals surface area contributed by atoms with Gasteiger partial charge in [0.1, 0.15) is 5.54 Å². The van der Waals surface area contributed by atoms with Crippen molar-refractivity contribution in [2.45, 2.75) is 18.9 Å². The molecular formula is C20H19N3O2. The van der Waals surface area contributed by atoms with Gasteiger partial charge in [0.25, 0.3) is 5.91 Å². The van der Waals surface area contributed by atoms with Gasteiger partial charge in [0, 0.05) is 6.21 Å². The molecule has 0 bridgehead atoms. The molecule has 2 aromatic carbocycles. The first-order valence-electron chi connectivity index (χ1n) is 8.15. The third kappa shape index (κ3) is 3.21. The fraction of sp³-hybridized carbons (Fsp3) is 0.150. The topological polar surface area (TPSA) is 61.8 Å². The largest absolute Gasteiger partial charge is 0.346 e. The molecule has 126 valence electrons. The quantitative estimate of drug-likeness (QED) is 0.672. The maximum Gasteiger partial charge on any atom is 0.346 e. The Hall–Kier alpha value is -3.21. The lowest BCUT2D eigenvalue weighted by Gasteiger charge is -2.24. The number of amides is 3. The Bertz CT molecular complexity index is 815. The molecule has 1 atom stereocenters. The van der Waals surface area contributed by atoms with Crippen molar-refractivity contribution in [3.8, 4) is 0 Å². The van der Waals surface area contributed by atoms with E-state index in [4.69, 9.17) is 0 Å². The smallest absolute Gasteiger partial charge is 0.318 e. The molecule has 5 nitrogen and oxygen atoms in total. The molecular weight excluding hydrogens is 314 g/mol. The highest BCUT2D eigenvalue weighted by Gasteiger charge is 2.51. The van der Waals surface area contributed by atoms with Gasteiger partial charge in [0.15, 0.2) is 0 Å². The molecule has 25 heavy (non-hydrogen) atoms. The second-order valence-electron chi connectivity index (χ2n) is 5.71. The zero-order valence-electron chi connectivity index (χ0n) is 13.9. The molecule has 1 fully saturated rings. The first-order valence-corrected chi connectivity index (χ1v) is 8.15. The first kappa shape index (κ1) is 16.6. The minimum atomic E-state index is -1.06. The molecule has 2 aromatic rings. The van der Waals surface area contributed by atoms with E-state index in [0.29, 0.717) is 6.42 Å². The number of nitrogens with zero attached hydrogens (tertiary/aromatic N) is 2. The van der Waals surface area contributed by atoms with E-state index in [2.05, 4.69) is 10.4 Å². The highest BCUT2D eigenvalue weighted by atomic mass is 16.2. The summed E-state index contributed by atoms with van der Waals surface area (Å²) in [5.41, 5.74) is 0.713. The molecule has 0 radical (unpaired) electrons. The van der Waals surface area contributed by atoms with E-state index in [1.165, 1.54) is 6.21 Å². The van der Waals surface area contributed by atoms with Gasteiger partial charge >= 0.3 is 6.03 Å². The van der Waals surface area contributed by atoms with E-state index in [-0.39, 0.29) is 5.91 Å². The number of carbonyl (C=O) groups is 2. The monoisotopic (exact) mass is 333 g/mol. The van der Waals surface area contributed by atoms with Crippen molar-refractivity contribution < 1.29 is 9.59 Å². The minimum Gasteiger partial charge on any atom is -0.318 e. The van der Waals surface area contributed by atoms with Gasteiger partial charge < -0.3 is 5.32 Å². The van der Waals surface area contributed by atoms with Gasteiger partial charge in [0.05, 0.1) is 0 Å². The molecule has 0 unspecified atom stereocenters. The summed E-state index contributed by atoms with van der Waals surface area (Å²) in [4.78, 5) is 25.1. The lowest BCUT2D eigenvalue weighted by Crippen LogP contribution is -2.43. The summed E-state index contributed by atoms with van der Waals surface area (Å²) in [7, 11) is 0. The van der Waals surface area contributed by atoms with Crippen molar-refractivity contribution in [3.63, 3.8) is 0 Å². The van der Waals surface area contributed by atoms with Gasteiger partial charge in [-0.05, 0) is 23.6 Å². The Morgan fingerprint density at radius 1 is 1.04 bits per heavy atom. The van der Waals surface area contributed by atoms with Gasteiger partial charge in [-0.15, -0.1) is 5.01 Å². The van der Waals surface area contributed by atoms with Gasteiger partial charge in [-0.25, -0.2) is 4.79 Å². The molecule has 0 spiro atoms. The number of benzene rings is 2. The van der Waals surface area contributed by atoms with E-state index in [1.807, 2.05) is 73.7 Å². The summed E-state index contributed by atoms with van der Waals surface area (Å²) in [5.74, 6) is -0.365. The van der Waals surface area contributed by atoms with Crippen LogP contribution < -0.4 is 5.32 Å². The zero-order valence-corrected chi connectivity index (χ0v) is 13.9. The van der Waals surface area contributed by atoms with Crippen LogP contribution in [0.1, 0.15) is 24.5 Å². The van der Waals surface area contributed by atoms with Crippen LogP contribution in [0.15, 0.2) is 71.8 Å². The van der Waals surface area contributed by atoms with E-state index in [0.717, 1.165) is 16.1 Å². The number of allylic oxidation sites excluding steroid dienone is 1. The summed E-state index contributed by atoms with van der Waals surface area (Å²) in [6.07, 6.45) is 5.45. The Kier molecular flexibility index (Phi) is 4.75. The number of hydrogen-bond donors (Lipinski definition) is 1. The van der Waals surface area contributed by atoms with Crippen LogP contribution in [-0.4, -0.2) is 23.2 Å². The number of nitrogens with one attached hydrogen (secondary N) is 1. The van der Waals surface area contributed by atoms with Crippen LogP contribution in [0.3, 0.4) is 0 Å². The first-order chi connectivity index (χ1) is 12.2. The number of carbonyl (C=O) groups excluding carboxylic acids is 2. The molecule has 1 aliphatic rings. The molecule has 3 rings (SSSR count). The SMILES string of the molecule is CC[C@]1(c2ccccc2)NC(=O)N(/N=C\C=C\c2ccccc2)C1=O. The summed E-state index contributed by atoms with van der Waals surface area (Å²) >= 11 is 0. The van der Waals surface area contributed by atoms with Crippen molar-refractivity contribution in [1.29, 1.82) is 0 Å². The summed E-state index contributed by atoms with van der Waals surface area (Å²) in [5, 5.41) is 7.72. The van der Waals surface area contributed by atoms with Crippen LogP contribution in [0, 0.1) is 0 Å². The molecule has 0 aromatic heterocycles. The van der Waals surface area contributed by atoms with Gasteiger partial charge in [0.2, 0.25) is 0 Å². The van der Waals surface area contributed by atoms with Crippen molar-refractivity contribution in [1.82, 2.24) is 10.3 Å². The Balaban J connectivity index is 1.79. The van der Waals surface area contributed by atoms with Crippen molar-refractivity contribution >= 4 is 24.2 Å². The van der Waals surface area contributed by atoms with Gasteiger partial charge in [-0.3, -0.25) is 4.79 Å². The Labute approximate surface area is 146 Å². The Morgan fingerprint density at radius 3 is 2.32 bits per heavy atom. The van der Waals surface area contributed by atoms with Crippen LogP contribution in [-0.2, 0) is 10.3 Å². The van der Waals surface area contributed by atoms with Gasteiger partial charge in [-0.2, -0.15) is 5.10 Å². The molecule has 1 aliphatic heterocycles. The van der Waals surface area contributed by atoms with Crippen molar-refractivity contribution in [2.24, 2.45) is 5.10 Å². The third-order valence-electron chi connectivity index (χ3n) is 4.22. The molecule has 1 N–H and O–H groups in total. The average molecular weight is 333 g/mol. The molecule has 1 saturated heterocycles. The summed E-state index contributed by atoms with van der Waals surface area (Å²) < 4.78 is 0. The molecule has 0 saturated carbocycles. The second kappa shape index (κ2) is 7.13. The predicted molar refractivity (Wildman–Crippen MR) is 97.8 cm³/mol. The van der Waals surface area contributed by atoms with Crippen LogP contribution in [0.2, 0.25) is 0 Å². The fourth-order valence-corrected chi connectivity index (χ4v) is 2.85. The van der Waals surface area contributed by atoms with E-state index >= 15 is 0 Å². The maximum absolute atomic E-state index is 12.8. The number of imide groups is 1. The van der Waals surface area contributed by atoms with E-state index in [9.17, 15) is 9.59 Å². The standard InChI is InChI=1S/C20H19N3O2/c1-2-20(17-13-7-4-8-14-17)18(24)23(19(25)22-20)21-15-9-12-16-10-5-3-6-11-16/h3-15H,2H2,1H3,(H,22,25)/b12-9+,21-15-/t20-/m1/s1. The highest BCUT2D eigenvalue weighted by Crippen LogP contribution is 2.32. The molecule has 1 heterocycles. The Morgan fingerprint density at radius 2 is 1.68 bits per heavy atom. The van der Waals surface area contributed by atoms with Crippen LogP contribution in [0.5, 0.6) is 0 Å². The van der Waals surface area contributed by atoms with Crippen molar-refractivity contribution in [2.75, 3.05) is 0 Å². The molecule has 0 aliphatic carbocycles.